The number of aliphatic hydroxyl groups is 1. The molecule has 3 aromatic carbocycles. The van der Waals surface area contributed by atoms with E-state index in [1.807, 2.05) is 42.5 Å². The van der Waals surface area contributed by atoms with Gasteiger partial charge in [-0.3, -0.25) is 14.5 Å². The Balaban J connectivity index is 1.49. The van der Waals surface area contributed by atoms with Crippen molar-refractivity contribution in [3.8, 4) is 0 Å². The fourth-order valence-corrected chi connectivity index (χ4v) is 12.4. The van der Waals surface area contributed by atoms with Crippen molar-refractivity contribution in [1.82, 2.24) is 9.80 Å². The smallest absolute Gasteiger partial charge is 0.266 e. The van der Waals surface area contributed by atoms with E-state index >= 15 is 0 Å². The number of amides is 2. The third-order valence-corrected chi connectivity index (χ3v) is 13.9. The minimum Gasteiger partial charge on any atom is -0.388 e. The molecule has 8 nitrogen and oxygen atoms in total. The molecule has 40 heavy (non-hydrogen) atoms. The Morgan fingerprint density at radius 1 is 0.950 bits per heavy atom. The highest BCUT2D eigenvalue weighted by molar-refractivity contribution is 8.78. The number of benzene rings is 3. The van der Waals surface area contributed by atoms with Crippen LogP contribution < -0.4 is 4.31 Å². The van der Waals surface area contributed by atoms with Gasteiger partial charge in [-0.15, -0.1) is 0 Å². The van der Waals surface area contributed by atoms with Crippen LogP contribution in [-0.2, 0) is 31.4 Å². The number of rotatable bonds is 3. The third kappa shape index (κ3) is 2.58. The van der Waals surface area contributed by atoms with E-state index in [0.717, 1.165) is 16.7 Å². The number of anilines is 1. The lowest BCUT2D eigenvalue weighted by Gasteiger charge is -2.54. The molecule has 2 bridgehead atoms. The first kappa shape index (κ1) is 24.5. The van der Waals surface area contributed by atoms with Gasteiger partial charge in [0, 0.05) is 7.05 Å². The average molecular weight is 590 g/mol. The summed E-state index contributed by atoms with van der Waals surface area (Å²) in [5, 5.41) is 11.9. The van der Waals surface area contributed by atoms with Crippen molar-refractivity contribution in [2.45, 2.75) is 39.2 Å². The second kappa shape index (κ2) is 7.94. The van der Waals surface area contributed by atoms with E-state index in [4.69, 9.17) is 0 Å². The number of carbonyl (C=O) groups excluding carboxylic acids is 2. The van der Waals surface area contributed by atoms with Crippen LogP contribution in [-0.4, -0.2) is 64.7 Å². The van der Waals surface area contributed by atoms with E-state index in [0.29, 0.717) is 17.7 Å². The van der Waals surface area contributed by atoms with Gasteiger partial charge < -0.3 is 10.0 Å². The molecule has 1 spiro atoms. The predicted molar refractivity (Wildman–Crippen MR) is 153 cm³/mol. The Labute approximate surface area is 239 Å². The molecule has 1 aliphatic carbocycles. The zero-order valence-electron chi connectivity index (χ0n) is 21.2. The lowest BCUT2D eigenvalue weighted by atomic mass is 9.68. The van der Waals surface area contributed by atoms with Crippen LogP contribution in [0.25, 0.3) is 5.57 Å². The maximum Gasteiger partial charge on any atom is 0.266 e. The number of sulfonamides is 1. The van der Waals surface area contributed by atoms with E-state index in [1.165, 1.54) is 47.8 Å². The second-order valence-electron chi connectivity index (χ2n) is 10.6. The monoisotopic (exact) mass is 589 g/mol. The Morgan fingerprint density at radius 3 is 2.45 bits per heavy atom. The van der Waals surface area contributed by atoms with Crippen LogP contribution in [0, 0.1) is 0 Å². The maximum atomic E-state index is 14.6. The highest BCUT2D eigenvalue weighted by Gasteiger charge is 2.82. The fraction of sp³-hybridized carbons (Fsp3) is 0.241. The van der Waals surface area contributed by atoms with Crippen LogP contribution >= 0.6 is 21.6 Å². The minimum atomic E-state index is -4.24. The van der Waals surface area contributed by atoms with Crippen molar-refractivity contribution in [1.29, 1.82) is 0 Å². The van der Waals surface area contributed by atoms with E-state index in [-0.39, 0.29) is 10.8 Å². The summed E-state index contributed by atoms with van der Waals surface area (Å²) in [6, 6.07) is 23.1. The molecule has 0 radical (unpaired) electrons. The average Bonchev–Trinajstić information content (AvgIpc) is 3.60. The van der Waals surface area contributed by atoms with E-state index in [9.17, 15) is 23.1 Å². The number of hydrogen-bond donors (Lipinski definition) is 1. The van der Waals surface area contributed by atoms with Crippen LogP contribution in [0.2, 0.25) is 0 Å². The van der Waals surface area contributed by atoms with Crippen molar-refractivity contribution in [3.63, 3.8) is 0 Å². The molecule has 2 amide bonds. The van der Waals surface area contributed by atoms with Crippen molar-refractivity contribution in [3.05, 3.63) is 102 Å². The van der Waals surface area contributed by atoms with Crippen LogP contribution in [0.3, 0.4) is 0 Å². The lowest BCUT2D eigenvalue weighted by Crippen LogP contribution is -2.74. The Morgan fingerprint density at radius 2 is 1.65 bits per heavy atom. The van der Waals surface area contributed by atoms with Gasteiger partial charge in [0.1, 0.15) is 12.3 Å². The minimum absolute atomic E-state index is 0.0666. The quantitative estimate of drug-likeness (QED) is 0.469. The summed E-state index contributed by atoms with van der Waals surface area (Å²) in [6.07, 6.45) is -0.00535. The highest BCUT2D eigenvalue weighted by Crippen LogP contribution is 2.70. The van der Waals surface area contributed by atoms with Crippen molar-refractivity contribution >= 4 is 54.7 Å². The summed E-state index contributed by atoms with van der Waals surface area (Å²) in [7, 11) is -0.266. The highest BCUT2D eigenvalue weighted by atomic mass is 33.1. The van der Waals surface area contributed by atoms with Crippen LogP contribution in [0.4, 0.5) is 5.69 Å². The summed E-state index contributed by atoms with van der Waals surface area (Å²) >= 11 is 0. The predicted octanol–water partition coefficient (Wildman–Crippen LogP) is 3.19. The number of nitrogens with zero attached hydrogens (tertiary/aromatic N) is 3. The van der Waals surface area contributed by atoms with Gasteiger partial charge in [0.25, 0.3) is 21.8 Å². The molecule has 3 aromatic rings. The molecule has 1 N–H and O–H groups in total. The van der Waals surface area contributed by atoms with Gasteiger partial charge in [-0.2, -0.15) is 0 Å². The number of fused-ring (bicyclic) bond motifs is 6. The molecular weight excluding hydrogens is 567 g/mol. The Hall–Kier alpha value is -3.25. The van der Waals surface area contributed by atoms with Gasteiger partial charge in [0.15, 0.2) is 5.37 Å². The van der Waals surface area contributed by atoms with E-state index in [1.54, 1.807) is 37.4 Å². The molecule has 6 aliphatic rings. The summed E-state index contributed by atoms with van der Waals surface area (Å²) < 4.78 is 30.4. The maximum absolute atomic E-state index is 14.6. The number of hydrogen-bond acceptors (Lipinski definition) is 7. The second-order valence-corrected chi connectivity index (χ2v) is 14.9. The molecule has 5 aliphatic heterocycles. The van der Waals surface area contributed by atoms with Gasteiger partial charge in [-0.05, 0) is 57.7 Å². The van der Waals surface area contributed by atoms with Gasteiger partial charge in [0.05, 0.1) is 16.0 Å². The van der Waals surface area contributed by atoms with Crippen molar-refractivity contribution < 1.29 is 23.1 Å². The van der Waals surface area contributed by atoms with Crippen LogP contribution in [0.1, 0.15) is 16.7 Å². The number of aliphatic hydroxyl groups excluding tert-OH is 1. The molecule has 202 valence electrons. The van der Waals surface area contributed by atoms with Gasteiger partial charge >= 0.3 is 0 Å². The zero-order chi connectivity index (χ0) is 27.6. The normalized spacial score (nSPS) is 31.7. The van der Waals surface area contributed by atoms with E-state index in [2.05, 4.69) is 0 Å². The van der Waals surface area contributed by atoms with Crippen LogP contribution in [0.15, 0.2) is 89.8 Å². The first-order chi connectivity index (χ1) is 19.3. The largest absolute Gasteiger partial charge is 0.388 e. The molecule has 5 heterocycles. The first-order valence-electron chi connectivity index (χ1n) is 12.9. The summed E-state index contributed by atoms with van der Waals surface area (Å²) in [6.45, 7) is 0. The summed E-state index contributed by atoms with van der Waals surface area (Å²) in [5.74, 6) is -0.784. The molecule has 9 rings (SSSR count). The standard InChI is InChI=1S/C29H23N3O5S3/c1-30-24-23(33)31-26-28(25(34)29(31,27(30)35)39-38-24,20-16-15-17-9-5-6-12-19(17)20)21-13-7-8-14-22(21)32(26)40(36,37)18-10-3-2-4-11-18/h2-14,16,24-26,34H,15H2,1H3/t24-,25-,26-,28-,29-/m0/s1. The Bertz CT molecular complexity index is 1780. The lowest BCUT2D eigenvalue weighted by molar-refractivity contribution is -0.161. The van der Waals surface area contributed by atoms with Crippen molar-refractivity contribution in [2.75, 3.05) is 11.4 Å². The number of piperazine rings is 1. The van der Waals surface area contributed by atoms with Gasteiger partial charge in [0.2, 0.25) is 4.87 Å². The SMILES string of the molecule is CN1C(=O)[C@]23SS[C@H]1C(=O)N2[C@H]1N(S(=O)(=O)c2ccccc2)c2ccccc2[C@@]1(C1=CCc2ccccc21)[C@@H]3O. The third-order valence-electron chi connectivity index (χ3n) is 8.89. The molecule has 5 atom stereocenters. The molecule has 0 saturated carbocycles. The number of likely N-dealkylation sites (N-methyl/N-ethyl adjacent to an activating group) is 1. The van der Waals surface area contributed by atoms with Gasteiger partial charge in [-0.25, -0.2) is 12.7 Å². The molecule has 0 aromatic heterocycles. The summed E-state index contributed by atoms with van der Waals surface area (Å²) in [5.41, 5.74) is 2.23. The Kier molecular flexibility index (Phi) is 4.87. The van der Waals surface area contributed by atoms with Crippen LogP contribution in [0.5, 0.6) is 0 Å². The zero-order valence-corrected chi connectivity index (χ0v) is 23.6. The molecule has 11 heteroatoms. The molecule has 4 fully saturated rings. The van der Waals surface area contributed by atoms with E-state index < -0.39 is 43.9 Å². The molecule has 0 unspecified atom stereocenters. The molecule has 4 saturated heterocycles. The fourth-order valence-electron chi connectivity index (χ4n) is 7.26. The molecular formula is C29H23N3O5S3. The number of carbonyl (C=O) groups is 2. The van der Waals surface area contributed by atoms with Crippen molar-refractivity contribution in [2.24, 2.45) is 0 Å². The first-order valence-corrected chi connectivity index (χ1v) is 16.5. The number of allylic oxidation sites excluding steroid dienone is 1. The van der Waals surface area contributed by atoms with Gasteiger partial charge in [-0.1, -0.05) is 77.5 Å². The topological polar surface area (TPSA) is 98.2 Å². The number of para-hydroxylation sites is 1. The summed E-state index contributed by atoms with van der Waals surface area (Å²) in [4.78, 5) is 29.4.